The van der Waals surface area contributed by atoms with Crippen molar-refractivity contribution in [1.82, 2.24) is 5.32 Å². The van der Waals surface area contributed by atoms with Gasteiger partial charge in [0, 0.05) is 6.54 Å². The summed E-state index contributed by atoms with van der Waals surface area (Å²) >= 11 is 0. The molecule has 2 aromatic carbocycles. The van der Waals surface area contributed by atoms with Crippen LogP contribution in [0.15, 0.2) is 54.6 Å². The van der Waals surface area contributed by atoms with E-state index in [1.807, 2.05) is 31.2 Å². The monoisotopic (exact) mass is 390 g/mol. The van der Waals surface area contributed by atoms with E-state index in [4.69, 9.17) is 4.74 Å². The second kappa shape index (κ2) is 9.97. The molecular weight excluding hydrogens is 364 g/mol. The number of nitrogens with zero attached hydrogens (tertiary/aromatic N) is 1. The van der Waals surface area contributed by atoms with E-state index in [-0.39, 0.29) is 12.5 Å². The summed E-state index contributed by atoms with van der Waals surface area (Å²) in [5.41, 5.74) is 1.64. The number of anilines is 1. The van der Waals surface area contributed by atoms with Crippen LogP contribution in [0.3, 0.4) is 0 Å². The van der Waals surface area contributed by atoms with Crippen LogP contribution < -0.4 is 14.4 Å². The number of hydrogen-bond acceptors (Lipinski definition) is 4. The van der Waals surface area contributed by atoms with Gasteiger partial charge in [-0.2, -0.15) is 0 Å². The first-order valence-corrected chi connectivity index (χ1v) is 10.8. The molecule has 7 heteroatoms. The van der Waals surface area contributed by atoms with Crippen LogP contribution in [-0.2, 0) is 21.2 Å². The van der Waals surface area contributed by atoms with E-state index in [2.05, 4.69) is 5.32 Å². The SMILES string of the molecule is CCOc1ccc(CCCNC(=O)CN(c2ccccc2)S(C)(=O)=O)cc1. The number of benzene rings is 2. The van der Waals surface area contributed by atoms with E-state index < -0.39 is 10.0 Å². The quantitative estimate of drug-likeness (QED) is 0.633. The smallest absolute Gasteiger partial charge is 0.240 e. The van der Waals surface area contributed by atoms with Gasteiger partial charge in [-0.25, -0.2) is 8.42 Å². The van der Waals surface area contributed by atoms with Gasteiger partial charge in [0.05, 0.1) is 18.6 Å². The standard InChI is InChI=1S/C20H26N2O4S/c1-3-26-19-13-11-17(12-14-19)8-7-15-21-20(23)16-22(27(2,24)25)18-9-5-4-6-10-18/h4-6,9-14H,3,7-8,15-16H2,1-2H3,(H,21,23). The van der Waals surface area contributed by atoms with E-state index in [1.54, 1.807) is 30.3 Å². The minimum atomic E-state index is -3.53. The molecule has 6 nitrogen and oxygen atoms in total. The Kier molecular flexibility index (Phi) is 7.67. The first-order valence-electron chi connectivity index (χ1n) is 8.91. The lowest BCUT2D eigenvalue weighted by molar-refractivity contribution is -0.119. The van der Waals surface area contributed by atoms with E-state index in [0.717, 1.165) is 34.7 Å². The minimum Gasteiger partial charge on any atom is -0.494 e. The molecule has 0 saturated carbocycles. The molecule has 1 N–H and O–H groups in total. The topological polar surface area (TPSA) is 75.7 Å². The van der Waals surface area contributed by atoms with Crippen LogP contribution in [-0.4, -0.2) is 40.3 Å². The maximum atomic E-state index is 12.2. The van der Waals surface area contributed by atoms with E-state index >= 15 is 0 Å². The maximum Gasteiger partial charge on any atom is 0.240 e. The molecule has 0 aromatic heterocycles. The van der Waals surface area contributed by atoms with Crippen LogP contribution in [0.1, 0.15) is 18.9 Å². The molecule has 146 valence electrons. The lowest BCUT2D eigenvalue weighted by atomic mass is 10.1. The Labute approximate surface area is 161 Å². The van der Waals surface area contributed by atoms with Gasteiger partial charge in [0.1, 0.15) is 12.3 Å². The van der Waals surface area contributed by atoms with Crippen molar-refractivity contribution in [1.29, 1.82) is 0 Å². The third-order valence-electron chi connectivity index (χ3n) is 3.93. The predicted octanol–water partition coefficient (Wildman–Crippen LogP) is 2.60. The lowest BCUT2D eigenvalue weighted by Crippen LogP contribution is -2.40. The van der Waals surface area contributed by atoms with Gasteiger partial charge in [-0.05, 0) is 49.6 Å². The Morgan fingerprint density at radius 1 is 1.07 bits per heavy atom. The van der Waals surface area contributed by atoms with E-state index in [9.17, 15) is 13.2 Å². The van der Waals surface area contributed by atoms with Gasteiger partial charge >= 0.3 is 0 Å². The normalized spacial score (nSPS) is 11.0. The van der Waals surface area contributed by atoms with Crippen molar-refractivity contribution < 1.29 is 17.9 Å². The summed E-state index contributed by atoms with van der Waals surface area (Å²) in [4.78, 5) is 12.2. The fourth-order valence-corrected chi connectivity index (χ4v) is 3.48. The van der Waals surface area contributed by atoms with Crippen molar-refractivity contribution >= 4 is 21.6 Å². The van der Waals surface area contributed by atoms with Crippen LogP contribution in [0, 0.1) is 0 Å². The highest BCUT2D eigenvalue weighted by atomic mass is 32.2. The van der Waals surface area contributed by atoms with Gasteiger partial charge in [0.2, 0.25) is 15.9 Å². The molecule has 0 saturated heterocycles. The fraction of sp³-hybridized carbons (Fsp3) is 0.350. The zero-order chi connectivity index (χ0) is 19.7. The highest BCUT2D eigenvalue weighted by Crippen LogP contribution is 2.16. The molecule has 0 aliphatic rings. The molecule has 0 unspecified atom stereocenters. The number of amides is 1. The molecule has 2 rings (SSSR count). The van der Waals surface area contributed by atoms with E-state index in [0.29, 0.717) is 18.8 Å². The molecule has 0 atom stereocenters. The molecule has 0 aliphatic carbocycles. The number of carbonyl (C=O) groups excluding carboxylic acids is 1. The van der Waals surface area contributed by atoms with Gasteiger partial charge in [0.25, 0.3) is 0 Å². The number of hydrogen-bond donors (Lipinski definition) is 1. The Balaban J connectivity index is 1.81. The second-order valence-electron chi connectivity index (χ2n) is 6.14. The van der Waals surface area contributed by atoms with Crippen molar-refractivity contribution in [2.75, 3.05) is 30.3 Å². The summed E-state index contributed by atoms with van der Waals surface area (Å²) in [6.07, 6.45) is 2.68. The van der Waals surface area contributed by atoms with Crippen molar-refractivity contribution in [2.45, 2.75) is 19.8 Å². The van der Waals surface area contributed by atoms with Crippen LogP contribution in [0.4, 0.5) is 5.69 Å². The molecule has 27 heavy (non-hydrogen) atoms. The van der Waals surface area contributed by atoms with Crippen molar-refractivity contribution in [3.63, 3.8) is 0 Å². The van der Waals surface area contributed by atoms with Crippen molar-refractivity contribution in [2.24, 2.45) is 0 Å². The fourth-order valence-electron chi connectivity index (χ4n) is 2.62. The summed E-state index contributed by atoms with van der Waals surface area (Å²) in [6, 6.07) is 16.5. The molecule has 0 aliphatic heterocycles. The average molecular weight is 391 g/mol. The molecule has 0 spiro atoms. The minimum absolute atomic E-state index is 0.230. The highest BCUT2D eigenvalue weighted by molar-refractivity contribution is 7.92. The summed E-state index contributed by atoms with van der Waals surface area (Å²) < 4.78 is 30.5. The molecule has 2 aromatic rings. The van der Waals surface area contributed by atoms with Crippen LogP contribution in [0.5, 0.6) is 5.75 Å². The van der Waals surface area contributed by atoms with Gasteiger partial charge in [0.15, 0.2) is 0 Å². The number of aryl methyl sites for hydroxylation is 1. The highest BCUT2D eigenvalue weighted by Gasteiger charge is 2.20. The third kappa shape index (κ3) is 6.94. The summed E-state index contributed by atoms with van der Waals surface area (Å²) in [5, 5.41) is 2.79. The summed E-state index contributed by atoms with van der Waals surface area (Å²) in [5.74, 6) is 0.521. The molecule has 0 bridgehead atoms. The third-order valence-corrected chi connectivity index (χ3v) is 5.07. The first kappa shape index (κ1) is 20.8. The first-order chi connectivity index (χ1) is 12.9. The van der Waals surface area contributed by atoms with Crippen LogP contribution >= 0.6 is 0 Å². The number of rotatable bonds is 10. The maximum absolute atomic E-state index is 12.2. The lowest BCUT2D eigenvalue weighted by Gasteiger charge is -2.21. The molecule has 0 radical (unpaired) electrons. The van der Waals surface area contributed by atoms with Gasteiger partial charge in [-0.1, -0.05) is 30.3 Å². The zero-order valence-corrected chi connectivity index (χ0v) is 16.5. The Morgan fingerprint density at radius 3 is 2.33 bits per heavy atom. The molecule has 1 amide bonds. The average Bonchev–Trinajstić information content (AvgIpc) is 2.64. The number of ether oxygens (including phenoxy) is 1. The zero-order valence-electron chi connectivity index (χ0n) is 15.7. The number of nitrogens with one attached hydrogen (secondary N) is 1. The molecular formula is C20H26N2O4S. The Morgan fingerprint density at radius 2 is 1.74 bits per heavy atom. The molecule has 0 fully saturated rings. The van der Waals surface area contributed by atoms with Gasteiger partial charge in [-0.15, -0.1) is 0 Å². The number of carbonyl (C=O) groups is 1. The molecule has 0 heterocycles. The van der Waals surface area contributed by atoms with Crippen LogP contribution in [0.25, 0.3) is 0 Å². The van der Waals surface area contributed by atoms with Gasteiger partial charge in [-0.3, -0.25) is 9.10 Å². The van der Waals surface area contributed by atoms with Crippen molar-refractivity contribution in [3.8, 4) is 5.75 Å². The number of para-hydroxylation sites is 1. The summed E-state index contributed by atoms with van der Waals surface area (Å²) in [6.45, 7) is 2.84. The van der Waals surface area contributed by atoms with Gasteiger partial charge < -0.3 is 10.1 Å². The Hall–Kier alpha value is -2.54. The Bertz CT molecular complexity index is 821. The van der Waals surface area contributed by atoms with E-state index in [1.165, 1.54) is 0 Å². The van der Waals surface area contributed by atoms with Crippen molar-refractivity contribution in [3.05, 3.63) is 60.2 Å². The second-order valence-corrected chi connectivity index (χ2v) is 8.04. The summed E-state index contributed by atoms with van der Waals surface area (Å²) in [7, 11) is -3.53. The predicted molar refractivity (Wildman–Crippen MR) is 108 cm³/mol. The largest absolute Gasteiger partial charge is 0.494 e. The number of sulfonamides is 1. The van der Waals surface area contributed by atoms with Crippen LogP contribution in [0.2, 0.25) is 0 Å².